The lowest BCUT2D eigenvalue weighted by Crippen LogP contribution is -2.45. The molecule has 0 radical (unpaired) electrons. The van der Waals surface area contributed by atoms with E-state index in [0.29, 0.717) is 6.17 Å². The van der Waals surface area contributed by atoms with Gasteiger partial charge in [-0.1, -0.05) is 49.2 Å². The van der Waals surface area contributed by atoms with E-state index in [2.05, 4.69) is 72.2 Å². The first kappa shape index (κ1) is 15.1. The molecule has 0 N–H and O–H groups in total. The van der Waals surface area contributed by atoms with E-state index in [0.717, 1.165) is 12.3 Å². The van der Waals surface area contributed by atoms with Crippen molar-refractivity contribution in [3.8, 4) is 0 Å². The first-order chi connectivity index (χ1) is 12.3. The minimum Gasteiger partial charge on any atom is -0.322 e. The van der Waals surface area contributed by atoms with Gasteiger partial charge in [-0.25, -0.2) is 0 Å². The van der Waals surface area contributed by atoms with E-state index in [1.165, 1.54) is 59.6 Å². The van der Waals surface area contributed by atoms with Crippen molar-refractivity contribution in [3.63, 3.8) is 0 Å². The molecular formula is C23H26N2. The molecule has 3 aliphatic rings. The normalized spacial score (nSPS) is 22.7. The second-order valence-electron chi connectivity index (χ2n) is 7.82. The Bertz CT molecular complexity index is 845. The zero-order valence-corrected chi connectivity index (χ0v) is 15.2. The Morgan fingerprint density at radius 3 is 2.24 bits per heavy atom. The van der Waals surface area contributed by atoms with Gasteiger partial charge in [0.05, 0.1) is 0 Å². The molecule has 128 valence electrons. The molecule has 0 bridgehead atoms. The predicted octanol–water partition coefficient (Wildman–Crippen LogP) is 5.63. The number of anilines is 2. The van der Waals surface area contributed by atoms with Gasteiger partial charge in [-0.3, -0.25) is 0 Å². The molecule has 0 amide bonds. The second kappa shape index (κ2) is 5.66. The molecule has 1 aliphatic carbocycles. The zero-order valence-electron chi connectivity index (χ0n) is 15.2. The molecule has 2 nitrogen and oxygen atoms in total. The van der Waals surface area contributed by atoms with E-state index in [1.54, 1.807) is 0 Å². The van der Waals surface area contributed by atoms with Crippen molar-refractivity contribution in [2.45, 2.75) is 52.1 Å². The van der Waals surface area contributed by atoms with Gasteiger partial charge in [-0.2, -0.15) is 0 Å². The highest BCUT2D eigenvalue weighted by Gasteiger charge is 2.46. The molecule has 2 heterocycles. The number of benzene rings is 2. The van der Waals surface area contributed by atoms with Crippen LogP contribution in [0.5, 0.6) is 0 Å². The number of hydrogen-bond acceptors (Lipinski definition) is 2. The van der Waals surface area contributed by atoms with E-state index in [1.807, 2.05) is 0 Å². The smallest absolute Gasteiger partial charge is 0.113 e. The molecular weight excluding hydrogens is 304 g/mol. The van der Waals surface area contributed by atoms with Gasteiger partial charge >= 0.3 is 0 Å². The summed E-state index contributed by atoms with van der Waals surface area (Å²) in [7, 11) is 0. The van der Waals surface area contributed by atoms with Crippen LogP contribution in [0.1, 0.15) is 43.7 Å². The molecule has 2 aliphatic heterocycles. The maximum atomic E-state index is 2.67. The third kappa shape index (κ3) is 2.16. The van der Waals surface area contributed by atoms with Gasteiger partial charge in [0.15, 0.2) is 0 Å². The summed E-state index contributed by atoms with van der Waals surface area (Å²) in [5.74, 6) is 0.748. The molecule has 0 saturated heterocycles. The zero-order chi connectivity index (χ0) is 17.0. The Morgan fingerprint density at radius 2 is 1.48 bits per heavy atom. The summed E-state index contributed by atoms with van der Waals surface area (Å²) >= 11 is 0. The molecule has 0 aromatic heterocycles. The van der Waals surface area contributed by atoms with Crippen LogP contribution in [-0.4, -0.2) is 6.17 Å². The monoisotopic (exact) mass is 330 g/mol. The molecule has 5 rings (SSSR count). The number of fused-ring (bicyclic) bond motifs is 3. The lowest BCUT2D eigenvalue weighted by molar-refractivity contribution is 0.434. The maximum Gasteiger partial charge on any atom is 0.113 e. The Hall–Kier alpha value is -2.22. The number of aryl methyl sites for hydroxylation is 1. The molecule has 1 unspecified atom stereocenters. The van der Waals surface area contributed by atoms with Crippen LogP contribution in [0.2, 0.25) is 0 Å². The average Bonchev–Trinajstić information content (AvgIpc) is 3.32. The third-order valence-corrected chi connectivity index (χ3v) is 6.40. The van der Waals surface area contributed by atoms with Crippen molar-refractivity contribution in [1.82, 2.24) is 0 Å². The fourth-order valence-electron chi connectivity index (χ4n) is 5.20. The Balaban J connectivity index is 1.67. The number of para-hydroxylation sites is 2. The van der Waals surface area contributed by atoms with E-state index in [4.69, 9.17) is 0 Å². The minimum absolute atomic E-state index is 0.447. The fraction of sp³-hybridized carbons (Fsp3) is 0.391. The SMILES string of the molecule is CC1=C2Cc3ccccc3N2C(C2CCCC2)N1c1ccccc1C. The largest absolute Gasteiger partial charge is 0.322 e. The van der Waals surface area contributed by atoms with Crippen LogP contribution in [-0.2, 0) is 6.42 Å². The van der Waals surface area contributed by atoms with Gasteiger partial charge in [0.2, 0.25) is 0 Å². The van der Waals surface area contributed by atoms with E-state index >= 15 is 0 Å². The van der Waals surface area contributed by atoms with Gasteiger partial charge in [-0.15, -0.1) is 0 Å². The highest BCUT2D eigenvalue weighted by atomic mass is 15.4. The lowest BCUT2D eigenvalue weighted by atomic mass is 10.0. The maximum absolute atomic E-state index is 2.67. The first-order valence-corrected chi connectivity index (χ1v) is 9.67. The summed E-state index contributed by atoms with van der Waals surface area (Å²) in [5.41, 5.74) is 8.65. The number of rotatable bonds is 2. The van der Waals surface area contributed by atoms with Crippen LogP contribution < -0.4 is 9.80 Å². The van der Waals surface area contributed by atoms with Crippen molar-refractivity contribution in [1.29, 1.82) is 0 Å². The average molecular weight is 330 g/mol. The second-order valence-corrected chi connectivity index (χ2v) is 7.82. The molecule has 1 atom stereocenters. The molecule has 1 fully saturated rings. The summed E-state index contributed by atoms with van der Waals surface area (Å²) in [6, 6.07) is 17.9. The van der Waals surface area contributed by atoms with Crippen molar-refractivity contribution in [2.75, 3.05) is 9.80 Å². The molecule has 1 saturated carbocycles. The third-order valence-electron chi connectivity index (χ3n) is 6.40. The summed E-state index contributed by atoms with van der Waals surface area (Å²) in [6.07, 6.45) is 6.99. The molecule has 0 spiro atoms. The standard InChI is InChI=1S/C23H26N2/c1-16-9-3-7-13-20(16)24-17(2)22-15-19-12-6-8-14-21(19)25(22)23(24)18-10-4-5-11-18/h3,6-9,12-14,18,23H,4-5,10-11,15H2,1-2H3. The van der Waals surface area contributed by atoms with Gasteiger partial charge in [0.1, 0.15) is 6.17 Å². The molecule has 2 aromatic carbocycles. The van der Waals surface area contributed by atoms with Gasteiger partial charge < -0.3 is 9.80 Å². The number of nitrogens with zero attached hydrogens (tertiary/aromatic N) is 2. The van der Waals surface area contributed by atoms with Crippen LogP contribution >= 0.6 is 0 Å². The van der Waals surface area contributed by atoms with Crippen LogP contribution in [0.4, 0.5) is 11.4 Å². The molecule has 2 heteroatoms. The van der Waals surface area contributed by atoms with Crippen molar-refractivity contribution < 1.29 is 0 Å². The lowest BCUT2D eigenvalue weighted by Gasteiger charge is -2.38. The van der Waals surface area contributed by atoms with Crippen LogP contribution in [0.25, 0.3) is 0 Å². The van der Waals surface area contributed by atoms with E-state index in [-0.39, 0.29) is 0 Å². The first-order valence-electron chi connectivity index (χ1n) is 9.67. The van der Waals surface area contributed by atoms with Crippen molar-refractivity contribution in [3.05, 3.63) is 71.1 Å². The van der Waals surface area contributed by atoms with Gasteiger partial charge in [0.25, 0.3) is 0 Å². The van der Waals surface area contributed by atoms with Crippen LogP contribution in [0.3, 0.4) is 0 Å². The number of allylic oxidation sites excluding steroid dienone is 2. The number of hydrogen-bond donors (Lipinski definition) is 0. The quantitative estimate of drug-likeness (QED) is 0.704. The summed E-state index contributed by atoms with van der Waals surface area (Å²) in [5, 5.41) is 0. The van der Waals surface area contributed by atoms with Crippen molar-refractivity contribution in [2.24, 2.45) is 5.92 Å². The summed E-state index contributed by atoms with van der Waals surface area (Å²) < 4.78 is 0. The Morgan fingerprint density at radius 1 is 0.800 bits per heavy atom. The molecule has 25 heavy (non-hydrogen) atoms. The minimum atomic E-state index is 0.447. The van der Waals surface area contributed by atoms with Gasteiger partial charge in [0, 0.05) is 29.2 Å². The van der Waals surface area contributed by atoms with E-state index in [9.17, 15) is 0 Å². The van der Waals surface area contributed by atoms with Crippen molar-refractivity contribution >= 4 is 11.4 Å². The predicted molar refractivity (Wildman–Crippen MR) is 105 cm³/mol. The Labute approximate surface area is 150 Å². The van der Waals surface area contributed by atoms with Crippen LogP contribution in [0, 0.1) is 12.8 Å². The summed E-state index contributed by atoms with van der Waals surface area (Å²) in [6.45, 7) is 4.58. The van der Waals surface area contributed by atoms with E-state index < -0.39 is 0 Å². The fourth-order valence-corrected chi connectivity index (χ4v) is 5.20. The topological polar surface area (TPSA) is 6.48 Å². The molecule has 2 aromatic rings. The highest BCUT2D eigenvalue weighted by molar-refractivity contribution is 5.75. The summed E-state index contributed by atoms with van der Waals surface area (Å²) in [4.78, 5) is 5.32. The Kier molecular flexibility index (Phi) is 3.41. The van der Waals surface area contributed by atoms with Gasteiger partial charge in [-0.05, 0) is 55.9 Å². The highest BCUT2D eigenvalue weighted by Crippen LogP contribution is 2.49. The van der Waals surface area contributed by atoms with Crippen LogP contribution in [0.15, 0.2) is 59.9 Å².